The number of hydrogen-bond donors (Lipinski definition) is 2. The summed E-state index contributed by atoms with van der Waals surface area (Å²) in [6.45, 7) is 6.29. The fraction of sp³-hybridized carbons (Fsp3) is 0.611. The lowest BCUT2D eigenvalue weighted by molar-refractivity contribution is 0.0449. The highest BCUT2D eigenvalue weighted by molar-refractivity contribution is 5.93. The van der Waals surface area contributed by atoms with Gasteiger partial charge in [0.05, 0.1) is 0 Å². The van der Waals surface area contributed by atoms with Gasteiger partial charge in [-0.3, -0.25) is 4.90 Å². The second-order valence-electron chi connectivity index (χ2n) is 6.05. The number of rotatable bonds is 8. The molecule has 23 heavy (non-hydrogen) atoms. The Balaban J connectivity index is 1.79. The summed E-state index contributed by atoms with van der Waals surface area (Å²) in [6.07, 6.45) is 5.92. The van der Waals surface area contributed by atoms with Crippen LogP contribution in [-0.2, 0) is 4.74 Å². The molecule has 1 aliphatic heterocycles. The zero-order valence-corrected chi connectivity index (χ0v) is 14.0. The standard InChI is InChI=1S/C18H28N2O3/c1-2-3-9-19-15-7-8-16(17(21)14-15)18(22)23-13-12-20-10-5-4-6-11-20/h7-8,14,19,21H,2-6,9-13H2,1H3. The molecular formula is C18H28N2O3. The summed E-state index contributed by atoms with van der Waals surface area (Å²) in [5, 5.41) is 13.2. The first kappa shape index (κ1) is 17.6. The highest BCUT2D eigenvalue weighted by Gasteiger charge is 2.15. The lowest BCUT2D eigenvalue weighted by Gasteiger charge is -2.25. The topological polar surface area (TPSA) is 61.8 Å². The van der Waals surface area contributed by atoms with E-state index in [-0.39, 0.29) is 11.3 Å². The molecule has 128 valence electrons. The molecule has 2 N–H and O–H groups in total. The third-order valence-electron chi connectivity index (χ3n) is 4.17. The van der Waals surface area contributed by atoms with Crippen LogP contribution in [0.5, 0.6) is 5.75 Å². The number of esters is 1. The Bertz CT molecular complexity index is 499. The van der Waals surface area contributed by atoms with E-state index < -0.39 is 5.97 Å². The molecule has 5 heteroatoms. The van der Waals surface area contributed by atoms with Crippen LogP contribution in [0.1, 0.15) is 49.4 Å². The van der Waals surface area contributed by atoms with Crippen molar-refractivity contribution in [2.24, 2.45) is 0 Å². The van der Waals surface area contributed by atoms with E-state index in [9.17, 15) is 9.90 Å². The van der Waals surface area contributed by atoms with E-state index in [0.29, 0.717) is 6.61 Å². The number of phenols is 1. The van der Waals surface area contributed by atoms with Crippen LogP contribution in [0.2, 0.25) is 0 Å². The molecule has 0 amide bonds. The number of phenolic OH excluding ortho intramolecular Hbond substituents is 1. The molecule has 5 nitrogen and oxygen atoms in total. The number of unbranched alkanes of at least 4 members (excludes halogenated alkanes) is 1. The summed E-state index contributed by atoms with van der Waals surface area (Å²) in [4.78, 5) is 14.4. The van der Waals surface area contributed by atoms with Crippen molar-refractivity contribution >= 4 is 11.7 Å². The first-order valence-corrected chi connectivity index (χ1v) is 8.67. The van der Waals surface area contributed by atoms with Gasteiger partial charge in [-0.15, -0.1) is 0 Å². The number of benzene rings is 1. The molecule has 0 unspecified atom stereocenters. The van der Waals surface area contributed by atoms with Gasteiger partial charge in [0.1, 0.15) is 17.9 Å². The van der Waals surface area contributed by atoms with E-state index in [1.165, 1.54) is 19.3 Å². The summed E-state index contributed by atoms with van der Waals surface area (Å²) in [6, 6.07) is 5.00. The molecular weight excluding hydrogens is 292 g/mol. The second kappa shape index (κ2) is 9.40. The molecule has 0 atom stereocenters. The van der Waals surface area contributed by atoms with Crippen LogP contribution in [0.25, 0.3) is 0 Å². The summed E-state index contributed by atoms with van der Waals surface area (Å²) in [7, 11) is 0. The van der Waals surface area contributed by atoms with Crippen molar-refractivity contribution in [1.29, 1.82) is 0 Å². The average Bonchev–Trinajstić information content (AvgIpc) is 2.56. The van der Waals surface area contributed by atoms with E-state index in [1.54, 1.807) is 18.2 Å². The monoisotopic (exact) mass is 320 g/mol. The number of nitrogens with zero attached hydrogens (tertiary/aromatic N) is 1. The summed E-state index contributed by atoms with van der Waals surface area (Å²) >= 11 is 0. The molecule has 1 heterocycles. The van der Waals surface area contributed by atoms with Gasteiger partial charge in [-0.1, -0.05) is 19.8 Å². The fourth-order valence-corrected chi connectivity index (χ4v) is 2.75. The molecule has 0 aromatic heterocycles. The van der Waals surface area contributed by atoms with Gasteiger partial charge in [0.25, 0.3) is 0 Å². The molecule has 0 radical (unpaired) electrons. The van der Waals surface area contributed by atoms with Crippen molar-refractivity contribution in [2.75, 3.05) is 38.1 Å². The van der Waals surface area contributed by atoms with Crippen LogP contribution in [0.4, 0.5) is 5.69 Å². The van der Waals surface area contributed by atoms with E-state index in [0.717, 1.165) is 44.7 Å². The number of aromatic hydroxyl groups is 1. The van der Waals surface area contributed by atoms with Crippen LogP contribution in [0.3, 0.4) is 0 Å². The van der Waals surface area contributed by atoms with Gasteiger partial charge in [-0.05, 0) is 44.5 Å². The Labute approximate surface area is 138 Å². The molecule has 0 bridgehead atoms. The van der Waals surface area contributed by atoms with E-state index in [2.05, 4.69) is 17.1 Å². The van der Waals surface area contributed by atoms with Gasteiger partial charge in [-0.25, -0.2) is 4.79 Å². The fourth-order valence-electron chi connectivity index (χ4n) is 2.75. The molecule has 0 spiro atoms. The zero-order valence-electron chi connectivity index (χ0n) is 14.0. The van der Waals surface area contributed by atoms with Crippen molar-refractivity contribution in [1.82, 2.24) is 4.90 Å². The van der Waals surface area contributed by atoms with Crippen LogP contribution in [-0.4, -0.2) is 48.8 Å². The minimum absolute atomic E-state index is 0.0329. The summed E-state index contributed by atoms with van der Waals surface area (Å²) in [5.41, 5.74) is 1.05. The molecule has 1 aromatic carbocycles. The Morgan fingerprint density at radius 2 is 2.09 bits per heavy atom. The predicted molar refractivity (Wildman–Crippen MR) is 92.1 cm³/mol. The second-order valence-corrected chi connectivity index (χ2v) is 6.05. The van der Waals surface area contributed by atoms with Gasteiger partial charge < -0.3 is 15.2 Å². The van der Waals surface area contributed by atoms with E-state index >= 15 is 0 Å². The Morgan fingerprint density at radius 3 is 2.78 bits per heavy atom. The number of anilines is 1. The smallest absolute Gasteiger partial charge is 0.341 e. The lowest BCUT2D eigenvalue weighted by atomic mass is 10.1. The highest BCUT2D eigenvalue weighted by atomic mass is 16.5. The molecule has 2 rings (SSSR count). The number of likely N-dealkylation sites (tertiary alicyclic amines) is 1. The SMILES string of the molecule is CCCCNc1ccc(C(=O)OCCN2CCCCC2)c(O)c1. The van der Waals surface area contributed by atoms with Crippen LogP contribution >= 0.6 is 0 Å². The van der Waals surface area contributed by atoms with Crippen LogP contribution in [0, 0.1) is 0 Å². The minimum Gasteiger partial charge on any atom is -0.507 e. The van der Waals surface area contributed by atoms with Gasteiger partial charge in [0.2, 0.25) is 0 Å². The van der Waals surface area contributed by atoms with Crippen molar-refractivity contribution in [2.45, 2.75) is 39.0 Å². The number of hydrogen-bond acceptors (Lipinski definition) is 5. The van der Waals surface area contributed by atoms with E-state index in [4.69, 9.17) is 4.74 Å². The molecule has 1 fully saturated rings. The first-order valence-electron chi connectivity index (χ1n) is 8.67. The van der Waals surface area contributed by atoms with Gasteiger partial charge >= 0.3 is 5.97 Å². The molecule has 0 saturated carbocycles. The quantitative estimate of drug-likeness (QED) is 0.569. The van der Waals surface area contributed by atoms with Gasteiger partial charge in [-0.2, -0.15) is 0 Å². The number of nitrogens with one attached hydrogen (secondary N) is 1. The van der Waals surface area contributed by atoms with Crippen molar-refractivity contribution in [3.8, 4) is 5.75 Å². The van der Waals surface area contributed by atoms with Crippen molar-refractivity contribution in [3.05, 3.63) is 23.8 Å². The molecule has 1 saturated heterocycles. The van der Waals surface area contributed by atoms with Crippen molar-refractivity contribution < 1.29 is 14.6 Å². The van der Waals surface area contributed by atoms with Gasteiger partial charge in [0, 0.05) is 24.8 Å². The summed E-state index contributed by atoms with van der Waals surface area (Å²) in [5.74, 6) is -0.492. The molecule has 1 aromatic rings. The maximum Gasteiger partial charge on any atom is 0.341 e. The average molecular weight is 320 g/mol. The maximum absolute atomic E-state index is 12.1. The predicted octanol–water partition coefficient (Wildman–Crippen LogP) is 3.25. The largest absolute Gasteiger partial charge is 0.507 e. The number of carbonyl (C=O) groups excluding carboxylic acids is 1. The molecule has 1 aliphatic rings. The highest BCUT2D eigenvalue weighted by Crippen LogP contribution is 2.23. The van der Waals surface area contributed by atoms with Crippen LogP contribution < -0.4 is 5.32 Å². The summed E-state index contributed by atoms with van der Waals surface area (Å²) < 4.78 is 5.29. The minimum atomic E-state index is -0.459. The van der Waals surface area contributed by atoms with Crippen molar-refractivity contribution in [3.63, 3.8) is 0 Å². The molecule has 0 aliphatic carbocycles. The van der Waals surface area contributed by atoms with E-state index in [1.807, 2.05) is 0 Å². The zero-order chi connectivity index (χ0) is 16.5. The normalized spacial score (nSPS) is 15.3. The first-order chi connectivity index (χ1) is 11.2. The maximum atomic E-state index is 12.1. The van der Waals surface area contributed by atoms with Gasteiger partial charge in [0.15, 0.2) is 0 Å². The number of piperidine rings is 1. The van der Waals surface area contributed by atoms with Crippen LogP contribution in [0.15, 0.2) is 18.2 Å². The Kier molecular flexibility index (Phi) is 7.20. The number of ether oxygens (including phenoxy) is 1. The lowest BCUT2D eigenvalue weighted by Crippen LogP contribution is -2.33. The third kappa shape index (κ3) is 5.75. The Morgan fingerprint density at radius 1 is 1.30 bits per heavy atom. The number of carbonyl (C=O) groups is 1. The third-order valence-corrected chi connectivity index (χ3v) is 4.17. The Hall–Kier alpha value is -1.75.